The Morgan fingerprint density at radius 3 is 2.05 bits per heavy atom. The van der Waals surface area contributed by atoms with Crippen molar-refractivity contribution in [1.82, 2.24) is 4.90 Å². The van der Waals surface area contributed by atoms with Gasteiger partial charge in [0, 0.05) is 18.7 Å². The van der Waals surface area contributed by atoms with Crippen molar-refractivity contribution in [3.8, 4) is 17.2 Å². The molecule has 0 aliphatic carbocycles. The van der Waals surface area contributed by atoms with Crippen LogP contribution >= 0.6 is 0 Å². The Balaban J connectivity index is 2.15. The molecule has 118 valence electrons. The number of likely N-dealkylation sites (tertiary alicyclic amines) is 1. The summed E-state index contributed by atoms with van der Waals surface area (Å²) in [5, 5.41) is 0. The van der Waals surface area contributed by atoms with Crippen LogP contribution in [0.1, 0.15) is 18.4 Å². The van der Waals surface area contributed by atoms with Gasteiger partial charge < -0.3 is 19.9 Å². The number of ether oxygens (including phenoxy) is 3. The Morgan fingerprint density at radius 1 is 1.05 bits per heavy atom. The van der Waals surface area contributed by atoms with E-state index in [1.54, 1.807) is 21.3 Å². The lowest BCUT2D eigenvalue weighted by atomic mass is 9.96. The molecule has 0 atom stereocenters. The van der Waals surface area contributed by atoms with Crippen molar-refractivity contribution in [2.24, 2.45) is 11.7 Å². The van der Waals surface area contributed by atoms with Crippen LogP contribution in [0, 0.1) is 5.92 Å². The third-order valence-corrected chi connectivity index (χ3v) is 4.24. The molecular formula is C16H26N2O3. The van der Waals surface area contributed by atoms with Crippen LogP contribution in [0.15, 0.2) is 12.1 Å². The zero-order valence-corrected chi connectivity index (χ0v) is 13.2. The van der Waals surface area contributed by atoms with E-state index in [1.807, 2.05) is 12.1 Å². The number of rotatable bonds is 6. The molecule has 1 fully saturated rings. The molecule has 0 spiro atoms. The van der Waals surface area contributed by atoms with E-state index < -0.39 is 0 Å². The second-order valence-corrected chi connectivity index (χ2v) is 5.47. The summed E-state index contributed by atoms with van der Waals surface area (Å²) >= 11 is 0. The lowest BCUT2D eigenvalue weighted by molar-refractivity contribution is 0.177. The third-order valence-electron chi connectivity index (χ3n) is 4.24. The maximum absolute atomic E-state index is 5.75. The lowest BCUT2D eigenvalue weighted by Gasteiger charge is -2.32. The van der Waals surface area contributed by atoms with Crippen molar-refractivity contribution in [2.75, 3.05) is 41.0 Å². The largest absolute Gasteiger partial charge is 0.496 e. The molecule has 5 heteroatoms. The van der Waals surface area contributed by atoms with Crippen LogP contribution in [0.2, 0.25) is 0 Å². The maximum atomic E-state index is 5.75. The normalized spacial score (nSPS) is 16.8. The summed E-state index contributed by atoms with van der Waals surface area (Å²) in [6, 6.07) is 3.81. The molecule has 0 bridgehead atoms. The minimum absolute atomic E-state index is 0.668. The number of benzene rings is 1. The van der Waals surface area contributed by atoms with Gasteiger partial charge in [0.2, 0.25) is 0 Å². The predicted octanol–water partition coefficient (Wildman–Crippen LogP) is 1.88. The van der Waals surface area contributed by atoms with Crippen molar-refractivity contribution < 1.29 is 14.2 Å². The molecule has 1 aromatic rings. The molecule has 1 heterocycles. The van der Waals surface area contributed by atoms with Gasteiger partial charge in [0.05, 0.1) is 26.9 Å². The molecule has 2 N–H and O–H groups in total. The molecule has 21 heavy (non-hydrogen) atoms. The summed E-state index contributed by atoms with van der Waals surface area (Å²) in [7, 11) is 5.00. The first-order chi connectivity index (χ1) is 10.2. The van der Waals surface area contributed by atoms with Gasteiger partial charge in [0.1, 0.15) is 17.2 Å². The minimum atomic E-state index is 0.668. The smallest absolute Gasteiger partial charge is 0.130 e. The van der Waals surface area contributed by atoms with Gasteiger partial charge in [-0.25, -0.2) is 0 Å². The highest BCUT2D eigenvalue weighted by Crippen LogP contribution is 2.35. The molecule has 0 unspecified atom stereocenters. The number of piperidine rings is 1. The van der Waals surface area contributed by atoms with E-state index in [4.69, 9.17) is 19.9 Å². The summed E-state index contributed by atoms with van der Waals surface area (Å²) in [5.74, 6) is 3.04. The quantitative estimate of drug-likeness (QED) is 0.868. The highest BCUT2D eigenvalue weighted by Gasteiger charge is 2.21. The van der Waals surface area contributed by atoms with Gasteiger partial charge in [0.25, 0.3) is 0 Å². The number of nitrogens with zero attached hydrogens (tertiary/aromatic N) is 1. The average molecular weight is 294 g/mol. The molecule has 0 aromatic heterocycles. The minimum Gasteiger partial charge on any atom is -0.496 e. The average Bonchev–Trinajstić information content (AvgIpc) is 2.55. The van der Waals surface area contributed by atoms with Gasteiger partial charge in [-0.1, -0.05) is 0 Å². The number of methoxy groups -OCH3 is 3. The molecule has 2 rings (SSSR count). The fraction of sp³-hybridized carbons (Fsp3) is 0.625. The number of hydrogen-bond donors (Lipinski definition) is 1. The maximum Gasteiger partial charge on any atom is 0.130 e. The van der Waals surface area contributed by atoms with Crippen LogP contribution < -0.4 is 19.9 Å². The molecular weight excluding hydrogens is 268 g/mol. The van der Waals surface area contributed by atoms with E-state index in [2.05, 4.69) is 4.90 Å². The molecule has 0 saturated carbocycles. The van der Waals surface area contributed by atoms with E-state index in [1.165, 1.54) is 0 Å². The van der Waals surface area contributed by atoms with Gasteiger partial charge in [-0.2, -0.15) is 0 Å². The topological polar surface area (TPSA) is 57.0 Å². The number of nitrogens with two attached hydrogens (primary N) is 1. The first kappa shape index (κ1) is 15.9. The van der Waals surface area contributed by atoms with E-state index in [9.17, 15) is 0 Å². The summed E-state index contributed by atoms with van der Waals surface area (Å²) in [6.45, 7) is 3.76. The molecule has 0 amide bonds. The van der Waals surface area contributed by atoms with Gasteiger partial charge >= 0.3 is 0 Å². The fourth-order valence-electron chi connectivity index (χ4n) is 2.84. The highest BCUT2D eigenvalue weighted by molar-refractivity contribution is 5.50. The molecule has 0 radical (unpaired) electrons. The Bertz CT molecular complexity index is 432. The molecule has 1 saturated heterocycles. The third kappa shape index (κ3) is 3.80. The van der Waals surface area contributed by atoms with Crippen LogP contribution in [0.4, 0.5) is 0 Å². The Morgan fingerprint density at radius 2 is 1.62 bits per heavy atom. The summed E-state index contributed by atoms with van der Waals surface area (Å²) < 4.78 is 16.3. The van der Waals surface area contributed by atoms with E-state index in [0.717, 1.165) is 61.8 Å². The fourth-order valence-corrected chi connectivity index (χ4v) is 2.84. The molecule has 1 aliphatic heterocycles. The molecule has 5 nitrogen and oxygen atoms in total. The van der Waals surface area contributed by atoms with Crippen LogP contribution in [0.3, 0.4) is 0 Å². The van der Waals surface area contributed by atoms with E-state index in [-0.39, 0.29) is 0 Å². The first-order valence-corrected chi connectivity index (χ1v) is 7.43. The second-order valence-electron chi connectivity index (χ2n) is 5.47. The van der Waals surface area contributed by atoms with Gasteiger partial charge in [-0.05, 0) is 38.4 Å². The Hall–Kier alpha value is -1.46. The van der Waals surface area contributed by atoms with E-state index in [0.29, 0.717) is 5.92 Å². The van der Waals surface area contributed by atoms with Crippen molar-refractivity contribution in [2.45, 2.75) is 19.4 Å². The monoisotopic (exact) mass is 294 g/mol. The zero-order valence-electron chi connectivity index (χ0n) is 13.2. The highest BCUT2D eigenvalue weighted by atomic mass is 16.5. The first-order valence-electron chi connectivity index (χ1n) is 7.43. The van der Waals surface area contributed by atoms with Crippen LogP contribution in [0.25, 0.3) is 0 Å². The van der Waals surface area contributed by atoms with Gasteiger partial charge in [0.15, 0.2) is 0 Å². The van der Waals surface area contributed by atoms with Gasteiger partial charge in [-0.15, -0.1) is 0 Å². The predicted molar refractivity (Wildman–Crippen MR) is 83.2 cm³/mol. The van der Waals surface area contributed by atoms with E-state index >= 15 is 0 Å². The van der Waals surface area contributed by atoms with Gasteiger partial charge in [-0.3, -0.25) is 4.90 Å². The van der Waals surface area contributed by atoms with Crippen LogP contribution in [-0.4, -0.2) is 45.9 Å². The van der Waals surface area contributed by atoms with Crippen LogP contribution in [-0.2, 0) is 6.54 Å². The van der Waals surface area contributed by atoms with Crippen molar-refractivity contribution in [1.29, 1.82) is 0 Å². The second kappa shape index (κ2) is 7.52. The van der Waals surface area contributed by atoms with Crippen molar-refractivity contribution in [3.63, 3.8) is 0 Å². The molecule has 1 aromatic carbocycles. The molecule has 1 aliphatic rings. The number of hydrogen-bond acceptors (Lipinski definition) is 5. The SMILES string of the molecule is COc1cc(OC)c(CN2CCC(CN)CC2)c(OC)c1. The summed E-state index contributed by atoms with van der Waals surface area (Å²) in [6.07, 6.45) is 2.33. The Kier molecular flexibility index (Phi) is 5.70. The lowest BCUT2D eigenvalue weighted by Crippen LogP contribution is -2.35. The summed E-state index contributed by atoms with van der Waals surface area (Å²) in [5.41, 5.74) is 6.83. The standard InChI is InChI=1S/C16H26N2O3/c1-19-13-8-15(20-2)14(16(9-13)21-3)11-18-6-4-12(10-17)5-7-18/h8-9,12H,4-7,10-11,17H2,1-3H3. The zero-order chi connectivity index (χ0) is 15.2. The summed E-state index contributed by atoms with van der Waals surface area (Å²) in [4.78, 5) is 2.43. The Labute approximate surface area is 127 Å². The van der Waals surface area contributed by atoms with Crippen molar-refractivity contribution in [3.05, 3.63) is 17.7 Å². The van der Waals surface area contributed by atoms with Crippen molar-refractivity contribution >= 4 is 0 Å². The van der Waals surface area contributed by atoms with Crippen LogP contribution in [0.5, 0.6) is 17.2 Å².